The lowest BCUT2D eigenvalue weighted by atomic mass is 9.97. The number of nitrogens with zero attached hydrogens (tertiary/aromatic N) is 2. The summed E-state index contributed by atoms with van der Waals surface area (Å²) in [5.41, 5.74) is 3.82. The lowest BCUT2D eigenvalue weighted by molar-refractivity contribution is 0.115. The normalized spacial score (nSPS) is 11.1. The predicted octanol–water partition coefficient (Wildman–Crippen LogP) is 5.60. The van der Waals surface area contributed by atoms with Gasteiger partial charge in [0.05, 0.1) is 17.8 Å². The number of ether oxygens (including phenoxy) is 1. The smallest absolute Gasteiger partial charge is 0.407 e. The van der Waals surface area contributed by atoms with E-state index in [9.17, 15) is 9.59 Å². The minimum atomic E-state index is -0.383. The number of aromatic nitrogens is 2. The number of aryl methyl sites for hydroxylation is 2. The van der Waals surface area contributed by atoms with Crippen molar-refractivity contribution in [2.45, 2.75) is 71.9 Å². The summed E-state index contributed by atoms with van der Waals surface area (Å²) in [4.78, 5) is 30.4. The Morgan fingerprint density at radius 1 is 0.971 bits per heavy atom. The highest BCUT2D eigenvalue weighted by Crippen LogP contribution is 2.27. The van der Waals surface area contributed by atoms with Gasteiger partial charge in [0.25, 0.3) is 5.56 Å². The second-order valence-electron chi connectivity index (χ2n) is 9.03. The summed E-state index contributed by atoms with van der Waals surface area (Å²) < 4.78 is 6.94. The highest BCUT2D eigenvalue weighted by atomic mass is 16.6. The molecule has 0 aliphatic carbocycles. The van der Waals surface area contributed by atoms with Crippen LogP contribution >= 0.6 is 0 Å². The average molecular weight is 476 g/mol. The third-order valence-electron chi connectivity index (χ3n) is 6.01. The molecular weight excluding hydrogens is 438 g/mol. The molecule has 0 aliphatic rings. The first kappa shape index (κ1) is 26.2. The topological polar surface area (TPSA) is 73.2 Å². The fourth-order valence-electron chi connectivity index (χ4n) is 4.39. The van der Waals surface area contributed by atoms with Crippen molar-refractivity contribution in [2.75, 3.05) is 6.54 Å². The minimum Gasteiger partial charge on any atom is -0.447 e. The second kappa shape index (κ2) is 12.9. The fraction of sp³-hybridized carbons (Fsp3) is 0.414. The molecular formula is C29H37N3O3. The molecule has 6 heteroatoms. The largest absolute Gasteiger partial charge is 0.447 e. The number of amides is 1. The molecule has 1 amide bonds. The minimum absolute atomic E-state index is 0.0330. The Balaban J connectivity index is 1.82. The molecule has 6 nitrogen and oxygen atoms in total. The third-order valence-corrected chi connectivity index (χ3v) is 6.01. The summed E-state index contributed by atoms with van der Waals surface area (Å²) in [6, 6.07) is 20.0. The molecule has 35 heavy (non-hydrogen) atoms. The summed E-state index contributed by atoms with van der Waals surface area (Å²) in [5.74, 6) is 0.723. The van der Waals surface area contributed by atoms with Crippen LogP contribution in [0.15, 0.2) is 65.5 Å². The van der Waals surface area contributed by atoms with Gasteiger partial charge in [-0.15, -0.1) is 0 Å². The Bertz CT molecular complexity index is 1100. The van der Waals surface area contributed by atoms with Crippen LogP contribution < -0.4 is 10.9 Å². The van der Waals surface area contributed by atoms with E-state index in [0.29, 0.717) is 13.0 Å². The third kappa shape index (κ3) is 7.04. The molecule has 0 atom stereocenters. The molecule has 186 valence electrons. The molecule has 3 rings (SSSR count). The first-order valence-corrected chi connectivity index (χ1v) is 12.6. The lowest BCUT2D eigenvalue weighted by Crippen LogP contribution is -2.33. The van der Waals surface area contributed by atoms with Crippen molar-refractivity contribution in [3.05, 3.63) is 99.2 Å². The first-order valence-electron chi connectivity index (χ1n) is 12.6. The van der Waals surface area contributed by atoms with E-state index in [1.165, 1.54) is 0 Å². The molecule has 2 aromatic carbocycles. The maximum absolute atomic E-state index is 13.9. The van der Waals surface area contributed by atoms with Gasteiger partial charge < -0.3 is 10.1 Å². The number of unbranched alkanes of at least 4 members (excludes halogenated alkanes) is 2. The maximum Gasteiger partial charge on any atom is 0.407 e. The van der Waals surface area contributed by atoms with E-state index >= 15 is 0 Å². The standard InChI is InChI=1S/C29H37N3O3/c1-5-26-25(19-13-8-14-20-30-29(34)35-21(2)3)28(33)32(22(4)31-26)27(23-15-9-6-10-16-23)24-17-11-7-12-18-24/h6-7,9-12,15-18,21,27H,5,8,13-14,19-20H2,1-4H3,(H,30,34). The Hall–Kier alpha value is -3.41. The van der Waals surface area contributed by atoms with Crippen LogP contribution in [-0.4, -0.2) is 28.3 Å². The van der Waals surface area contributed by atoms with Crippen LogP contribution in [0.4, 0.5) is 4.79 Å². The van der Waals surface area contributed by atoms with Crippen molar-refractivity contribution in [3.8, 4) is 0 Å². The number of nitrogens with one attached hydrogen (secondary N) is 1. The average Bonchev–Trinajstić information content (AvgIpc) is 2.85. The summed E-state index contributed by atoms with van der Waals surface area (Å²) in [7, 11) is 0. The van der Waals surface area contributed by atoms with Crippen molar-refractivity contribution < 1.29 is 9.53 Å². The van der Waals surface area contributed by atoms with Gasteiger partial charge in [-0.05, 0) is 57.6 Å². The molecule has 0 radical (unpaired) electrons. The number of carbonyl (C=O) groups excluding carboxylic acids is 1. The van der Waals surface area contributed by atoms with Crippen molar-refractivity contribution in [1.29, 1.82) is 0 Å². The summed E-state index contributed by atoms with van der Waals surface area (Å²) in [5, 5.41) is 2.78. The molecule has 0 bridgehead atoms. The van der Waals surface area contributed by atoms with Gasteiger partial charge in [-0.2, -0.15) is 0 Å². The first-order chi connectivity index (χ1) is 16.9. The quantitative estimate of drug-likeness (QED) is 0.367. The van der Waals surface area contributed by atoms with Crippen LogP contribution in [0.2, 0.25) is 0 Å². The molecule has 0 saturated heterocycles. The molecule has 1 aromatic heterocycles. The van der Waals surface area contributed by atoms with Gasteiger partial charge in [0, 0.05) is 12.1 Å². The van der Waals surface area contributed by atoms with Gasteiger partial charge in [0.1, 0.15) is 5.82 Å². The number of hydrogen-bond acceptors (Lipinski definition) is 4. The molecule has 0 aliphatic heterocycles. The fourth-order valence-corrected chi connectivity index (χ4v) is 4.39. The van der Waals surface area contributed by atoms with Gasteiger partial charge in [-0.3, -0.25) is 9.36 Å². The zero-order valence-electron chi connectivity index (χ0n) is 21.3. The number of alkyl carbamates (subject to hydrolysis) is 1. The van der Waals surface area contributed by atoms with Gasteiger partial charge in [0.15, 0.2) is 0 Å². The van der Waals surface area contributed by atoms with Crippen molar-refractivity contribution in [3.63, 3.8) is 0 Å². The molecule has 1 heterocycles. The molecule has 0 fully saturated rings. The molecule has 0 saturated carbocycles. The second-order valence-corrected chi connectivity index (χ2v) is 9.03. The van der Waals surface area contributed by atoms with Crippen LogP contribution in [0.1, 0.15) is 74.3 Å². The Morgan fingerprint density at radius 2 is 1.57 bits per heavy atom. The van der Waals surface area contributed by atoms with Crippen LogP contribution in [0.25, 0.3) is 0 Å². The van der Waals surface area contributed by atoms with Crippen LogP contribution in [0, 0.1) is 6.92 Å². The maximum atomic E-state index is 13.9. The van der Waals surface area contributed by atoms with E-state index in [-0.39, 0.29) is 23.8 Å². The van der Waals surface area contributed by atoms with Crippen molar-refractivity contribution in [2.24, 2.45) is 0 Å². The van der Waals surface area contributed by atoms with E-state index in [0.717, 1.165) is 53.9 Å². The lowest BCUT2D eigenvalue weighted by Gasteiger charge is -2.24. The number of hydrogen-bond donors (Lipinski definition) is 1. The zero-order chi connectivity index (χ0) is 25.2. The van der Waals surface area contributed by atoms with Gasteiger partial charge in [-0.1, -0.05) is 74.0 Å². The Labute approximate surface area is 208 Å². The molecule has 0 spiro atoms. The van der Waals surface area contributed by atoms with Crippen molar-refractivity contribution >= 4 is 6.09 Å². The summed E-state index contributed by atoms with van der Waals surface area (Å²) in [6.07, 6.45) is 3.46. The molecule has 1 N–H and O–H groups in total. The number of carbonyl (C=O) groups is 1. The monoisotopic (exact) mass is 475 g/mol. The highest BCUT2D eigenvalue weighted by Gasteiger charge is 2.23. The van der Waals surface area contributed by atoms with Gasteiger partial charge in [-0.25, -0.2) is 9.78 Å². The Kier molecular flexibility index (Phi) is 9.65. The van der Waals surface area contributed by atoms with Gasteiger partial charge >= 0.3 is 6.09 Å². The van der Waals surface area contributed by atoms with E-state index in [2.05, 4.69) is 29.6 Å². The summed E-state index contributed by atoms with van der Waals surface area (Å²) in [6.45, 7) is 8.18. The molecule has 0 unspecified atom stereocenters. The molecule has 3 aromatic rings. The van der Waals surface area contributed by atoms with E-state index in [4.69, 9.17) is 9.72 Å². The van der Waals surface area contributed by atoms with Crippen LogP contribution in [-0.2, 0) is 17.6 Å². The predicted molar refractivity (Wildman–Crippen MR) is 140 cm³/mol. The van der Waals surface area contributed by atoms with Crippen LogP contribution in [0.3, 0.4) is 0 Å². The summed E-state index contributed by atoms with van der Waals surface area (Å²) >= 11 is 0. The van der Waals surface area contributed by atoms with Crippen molar-refractivity contribution in [1.82, 2.24) is 14.9 Å². The van der Waals surface area contributed by atoms with E-state index in [1.54, 1.807) is 0 Å². The van der Waals surface area contributed by atoms with E-state index in [1.807, 2.05) is 68.7 Å². The SMILES string of the molecule is CCc1nc(C)n(C(c2ccccc2)c2ccccc2)c(=O)c1CCCCCNC(=O)OC(C)C. The number of rotatable bonds is 11. The Morgan fingerprint density at radius 3 is 2.11 bits per heavy atom. The van der Waals surface area contributed by atoms with Crippen LogP contribution in [0.5, 0.6) is 0 Å². The zero-order valence-corrected chi connectivity index (χ0v) is 21.3. The van der Waals surface area contributed by atoms with E-state index < -0.39 is 0 Å². The highest BCUT2D eigenvalue weighted by molar-refractivity contribution is 5.67. The number of benzene rings is 2. The van der Waals surface area contributed by atoms with Gasteiger partial charge in [0.2, 0.25) is 0 Å².